The number of nitrogens with one attached hydrogen (secondary N) is 1. The van der Waals surface area contributed by atoms with E-state index in [4.69, 9.17) is 11.6 Å². The molecule has 0 spiro atoms. The molecule has 2 aromatic carbocycles. The van der Waals surface area contributed by atoms with Crippen molar-refractivity contribution in [3.05, 3.63) is 64.2 Å². The van der Waals surface area contributed by atoms with Crippen molar-refractivity contribution in [3.63, 3.8) is 0 Å². The minimum absolute atomic E-state index is 0.0709. The van der Waals surface area contributed by atoms with Crippen LogP contribution < -0.4 is 4.72 Å². The van der Waals surface area contributed by atoms with E-state index in [1.54, 1.807) is 24.3 Å². The smallest absolute Gasteiger partial charge is 0.337 e. The molecule has 0 aliphatic carbocycles. The monoisotopic (exact) mass is 411 g/mol. The second kappa shape index (κ2) is 8.98. The standard InChI is InChI=1S/C18H18ClNO6S/c1-25-17(21)13-9-14(18(22)26-2)11-16(10-13)27(23,24)20-8-7-12-3-5-15(19)6-4-12/h3-6,9-11,20H,7-8H2,1-2H3. The maximum atomic E-state index is 12.6. The molecule has 2 aromatic rings. The van der Waals surface area contributed by atoms with Crippen LogP contribution in [-0.4, -0.2) is 41.1 Å². The Balaban J connectivity index is 2.23. The quantitative estimate of drug-likeness (QED) is 0.702. The molecule has 7 nitrogen and oxygen atoms in total. The first-order valence-electron chi connectivity index (χ1n) is 7.82. The summed E-state index contributed by atoms with van der Waals surface area (Å²) in [6.07, 6.45) is 0.441. The van der Waals surface area contributed by atoms with Crippen LogP contribution in [0.1, 0.15) is 26.3 Å². The second-order valence-corrected chi connectivity index (χ2v) is 7.71. The van der Waals surface area contributed by atoms with E-state index >= 15 is 0 Å². The summed E-state index contributed by atoms with van der Waals surface area (Å²) in [5, 5.41) is 0.592. The zero-order valence-corrected chi connectivity index (χ0v) is 16.3. The van der Waals surface area contributed by atoms with Crippen LogP contribution >= 0.6 is 11.6 Å². The molecule has 144 valence electrons. The Morgan fingerprint density at radius 3 is 1.96 bits per heavy atom. The highest BCUT2D eigenvalue weighted by Crippen LogP contribution is 2.17. The van der Waals surface area contributed by atoms with Gasteiger partial charge in [-0.25, -0.2) is 22.7 Å². The predicted octanol–water partition coefficient (Wildman–Crippen LogP) is 2.43. The van der Waals surface area contributed by atoms with Crippen LogP contribution in [0.2, 0.25) is 5.02 Å². The van der Waals surface area contributed by atoms with Gasteiger partial charge in [0, 0.05) is 11.6 Å². The Labute approximate surface area is 162 Å². The van der Waals surface area contributed by atoms with Gasteiger partial charge in [-0.3, -0.25) is 0 Å². The van der Waals surface area contributed by atoms with Crippen LogP contribution in [0, 0.1) is 0 Å². The summed E-state index contributed by atoms with van der Waals surface area (Å²) in [6.45, 7) is 0.125. The molecule has 0 saturated carbocycles. The Morgan fingerprint density at radius 1 is 0.963 bits per heavy atom. The topological polar surface area (TPSA) is 98.8 Å². The fourth-order valence-electron chi connectivity index (χ4n) is 2.29. The first kappa shape index (κ1) is 20.9. The summed E-state index contributed by atoms with van der Waals surface area (Å²) < 4.78 is 36.8. The van der Waals surface area contributed by atoms with Crippen molar-refractivity contribution >= 4 is 33.6 Å². The van der Waals surface area contributed by atoms with E-state index in [-0.39, 0.29) is 22.6 Å². The van der Waals surface area contributed by atoms with Crippen molar-refractivity contribution in [1.82, 2.24) is 4.72 Å². The number of methoxy groups -OCH3 is 2. The molecule has 0 radical (unpaired) electrons. The molecular formula is C18H18ClNO6S. The number of esters is 2. The van der Waals surface area contributed by atoms with Gasteiger partial charge >= 0.3 is 11.9 Å². The molecule has 0 aromatic heterocycles. The molecule has 0 heterocycles. The fourth-order valence-corrected chi connectivity index (χ4v) is 3.52. The van der Waals surface area contributed by atoms with Crippen molar-refractivity contribution in [2.45, 2.75) is 11.3 Å². The van der Waals surface area contributed by atoms with Crippen LogP contribution in [0.3, 0.4) is 0 Å². The van der Waals surface area contributed by atoms with Gasteiger partial charge in [-0.1, -0.05) is 23.7 Å². The van der Waals surface area contributed by atoms with Crippen LogP contribution in [0.15, 0.2) is 47.4 Å². The summed E-state index contributed by atoms with van der Waals surface area (Å²) in [4.78, 5) is 23.3. The molecular weight excluding hydrogens is 394 g/mol. The minimum atomic E-state index is -3.96. The normalized spacial score (nSPS) is 11.1. The highest BCUT2D eigenvalue weighted by Gasteiger charge is 2.20. The fraction of sp³-hybridized carbons (Fsp3) is 0.222. The number of halogens is 1. The number of ether oxygens (including phenoxy) is 2. The lowest BCUT2D eigenvalue weighted by atomic mass is 10.1. The van der Waals surface area contributed by atoms with E-state index in [9.17, 15) is 18.0 Å². The van der Waals surface area contributed by atoms with Crippen LogP contribution in [0.5, 0.6) is 0 Å². The van der Waals surface area contributed by atoms with Crippen molar-refractivity contribution in [2.75, 3.05) is 20.8 Å². The Hall–Kier alpha value is -2.42. The lowest BCUT2D eigenvalue weighted by Crippen LogP contribution is -2.26. The highest BCUT2D eigenvalue weighted by atomic mass is 35.5. The predicted molar refractivity (Wildman–Crippen MR) is 99.5 cm³/mol. The van der Waals surface area contributed by atoms with Crippen molar-refractivity contribution in [3.8, 4) is 0 Å². The molecule has 2 rings (SSSR count). The summed E-state index contributed by atoms with van der Waals surface area (Å²) >= 11 is 5.82. The van der Waals surface area contributed by atoms with Gasteiger partial charge < -0.3 is 9.47 Å². The zero-order chi connectivity index (χ0) is 20.0. The molecule has 9 heteroatoms. The molecule has 0 aliphatic heterocycles. The minimum Gasteiger partial charge on any atom is -0.465 e. The summed E-state index contributed by atoms with van der Waals surface area (Å²) in [5.74, 6) is -1.53. The maximum absolute atomic E-state index is 12.6. The van der Waals surface area contributed by atoms with Gasteiger partial charge in [-0.05, 0) is 42.3 Å². The second-order valence-electron chi connectivity index (χ2n) is 5.50. The van der Waals surface area contributed by atoms with E-state index in [1.807, 2.05) is 0 Å². The largest absolute Gasteiger partial charge is 0.465 e. The van der Waals surface area contributed by atoms with E-state index < -0.39 is 22.0 Å². The first-order chi connectivity index (χ1) is 12.8. The number of rotatable bonds is 7. The van der Waals surface area contributed by atoms with Gasteiger partial charge in [0.1, 0.15) is 0 Å². The van der Waals surface area contributed by atoms with Crippen LogP contribution in [0.25, 0.3) is 0 Å². The molecule has 0 aliphatic rings. The summed E-state index contributed by atoms with van der Waals surface area (Å²) in [7, 11) is -1.64. The third-order valence-electron chi connectivity index (χ3n) is 3.68. The van der Waals surface area contributed by atoms with Gasteiger partial charge in [0.25, 0.3) is 0 Å². The van der Waals surface area contributed by atoms with Gasteiger partial charge in [-0.2, -0.15) is 0 Å². The van der Waals surface area contributed by atoms with E-state index in [0.29, 0.717) is 11.4 Å². The van der Waals surface area contributed by atoms with Gasteiger partial charge in [-0.15, -0.1) is 0 Å². The Morgan fingerprint density at radius 2 is 1.48 bits per heavy atom. The maximum Gasteiger partial charge on any atom is 0.337 e. The van der Waals surface area contributed by atoms with Crippen LogP contribution in [-0.2, 0) is 25.9 Å². The highest BCUT2D eigenvalue weighted by molar-refractivity contribution is 7.89. The first-order valence-corrected chi connectivity index (χ1v) is 9.69. The van der Waals surface area contributed by atoms with E-state index in [1.165, 1.54) is 6.07 Å². The van der Waals surface area contributed by atoms with E-state index in [0.717, 1.165) is 31.9 Å². The Bertz CT molecular complexity index is 907. The van der Waals surface area contributed by atoms with Crippen LogP contribution in [0.4, 0.5) is 0 Å². The molecule has 0 unspecified atom stereocenters. The number of hydrogen-bond acceptors (Lipinski definition) is 6. The number of sulfonamides is 1. The third kappa shape index (κ3) is 5.53. The number of hydrogen-bond donors (Lipinski definition) is 1. The zero-order valence-electron chi connectivity index (χ0n) is 14.7. The van der Waals surface area contributed by atoms with E-state index in [2.05, 4.69) is 14.2 Å². The molecule has 0 bridgehead atoms. The number of carbonyl (C=O) groups is 2. The number of carbonyl (C=O) groups excluding carboxylic acids is 2. The average Bonchev–Trinajstić information content (AvgIpc) is 2.67. The van der Waals surface area contributed by atoms with Crippen molar-refractivity contribution < 1.29 is 27.5 Å². The third-order valence-corrected chi connectivity index (χ3v) is 5.37. The van der Waals surface area contributed by atoms with Crippen molar-refractivity contribution in [2.24, 2.45) is 0 Å². The SMILES string of the molecule is COC(=O)c1cc(C(=O)OC)cc(S(=O)(=O)NCCc2ccc(Cl)cc2)c1. The lowest BCUT2D eigenvalue weighted by molar-refractivity contribution is 0.0598. The molecule has 0 fully saturated rings. The van der Waals surface area contributed by atoms with Gasteiger partial charge in [0.05, 0.1) is 30.2 Å². The average molecular weight is 412 g/mol. The molecule has 0 amide bonds. The van der Waals surface area contributed by atoms with Gasteiger partial charge in [0.15, 0.2) is 0 Å². The molecule has 0 saturated heterocycles. The molecule has 1 N–H and O–H groups in total. The molecule has 0 atom stereocenters. The Kier molecular flexibility index (Phi) is 6.95. The summed E-state index contributed by atoms with van der Waals surface area (Å²) in [6, 6.07) is 10.5. The molecule has 27 heavy (non-hydrogen) atoms. The van der Waals surface area contributed by atoms with Gasteiger partial charge in [0.2, 0.25) is 10.0 Å². The number of benzene rings is 2. The lowest BCUT2D eigenvalue weighted by Gasteiger charge is -2.10. The van der Waals surface area contributed by atoms with Crippen molar-refractivity contribution in [1.29, 1.82) is 0 Å². The summed E-state index contributed by atoms with van der Waals surface area (Å²) in [5.41, 5.74) is 0.762.